The van der Waals surface area contributed by atoms with E-state index in [0.717, 1.165) is 42.4 Å². The number of anilines is 2. The highest BCUT2D eigenvalue weighted by Crippen LogP contribution is 2.20. The smallest absolute Gasteiger partial charge is 0.134 e. The molecule has 1 fully saturated rings. The van der Waals surface area contributed by atoms with Crippen LogP contribution in [0.5, 0.6) is 0 Å². The Morgan fingerprint density at radius 1 is 1.19 bits per heavy atom. The number of nitrogens with zero attached hydrogens (tertiary/aromatic N) is 3. The first-order valence-corrected chi connectivity index (χ1v) is 8.18. The summed E-state index contributed by atoms with van der Waals surface area (Å²) in [5.74, 6) is 2.83. The highest BCUT2D eigenvalue weighted by atomic mass is 15.2. The molecule has 0 aromatic carbocycles. The van der Waals surface area contributed by atoms with Crippen molar-refractivity contribution in [3.8, 4) is 0 Å². The lowest BCUT2D eigenvalue weighted by molar-refractivity contribution is 0.269. The molecule has 0 saturated carbocycles. The average molecular weight is 291 g/mol. The van der Waals surface area contributed by atoms with Gasteiger partial charge in [-0.3, -0.25) is 4.90 Å². The molecule has 1 aliphatic heterocycles. The quantitative estimate of drug-likeness (QED) is 0.809. The third kappa shape index (κ3) is 4.06. The minimum Gasteiger partial charge on any atom is -0.373 e. The molecule has 0 amide bonds. The van der Waals surface area contributed by atoms with E-state index in [-0.39, 0.29) is 0 Å². The van der Waals surface area contributed by atoms with E-state index in [4.69, 9.17) is 0 Å². The molecule has 1 aromatic heterocycles. The number of likely N-dealkylation sites (tertiary alicyclic amines) is 1. The van der Waals surface area contributed by atoms with Gasteiger partial charge >= 0.3 is 0 Å². The molecule has 2 N–H and O–H groups in total. The van der Waals surface area contributed by atoms with Crippen molar-refractivity contribution in [2.75, 3.05) is 37.3 Å². The molecule has 0 spiro atoms. The van der Waals surface area contributed by atoms with Gasteiger partial charge in [0.2, 0.25) is 0 Å². The monoisotopic (exact) mass is 291 g/mol. The van der Waals surface area contributed by atoms with Crippen LogP contribution in [0.25, 0.3) is 0 Å². The second kappa shape index (κ2) is 7.59. The molecular weight excluding hydrogens is 262 g/mol. The lowest BCUT2D eigenvalue weighted by Gasteiger charge is -2.24. The SMILES string of the molecule is CCCc1nc(NC)c(C)c(NCC(C)N2CCCC2)n1. The van der Waals surface area contributed by atoms with Crippen LogP contribution in [0, 0.1) is 6.92 Å². The Bertz CT molecular complexity index is 454. The molecule has 1 unspecified atom stereocenters. The Labute approximate surface area is 128 Å². The van der Waals surface area contributed by atoms with Crippen molar-refractivity contribution in [2.45, 2.75) is 52.5 Å². The molecule has 0 bridgehead atoms. The molecule has 2 heterocycles. The van der Waals surface area contributed by atoms with Gasteiger partial charge in [0.25, 0.3) is 0 Å². The van der Waals surface area contributed by atoms with Crippen LogP contribution in [-0.2, 0) is 6.42 Å². The predicted octanol–water partition coefficient (Wildman–Crippen LogP) is 2.68. The maximum atomic E-state index is 4.69. The lowest BCUT2D eigenvalue weighted by atomic mass is 10.2. The maximum absolute atomic E-state index is 4.69. The minimum atomic E-state index is 0.550. The van der Waals surface area contributed by atoms with Crippen LogP contribution >= 0.6 is 0 Å². The largest absolute Gasteiger partial charge is 0.373 e. The normalized spacial score (nSPS) is 17.0. The summed E-state index contributed by atoms with van der Waals surface area (Å²) >= 11 is 0. The van der Waals surface area contributed by atoms with Gasteiger partial charge in [-0.1, -0.05) is 6.92 Å². The van der Waals surface area contributed by atoms with E-state index in [1.54, 1.807) is 0 Å². The minimum absolute atomic E-state index is 0.550. The number of hydrogen-bond acceptors (Lipinski definition) is 5. The average Bonchev–Trinajstić information content (AvgIpc) is 3.01. The van der Waals surface area contributed by atoms with Gasteiger partial charge < -0.3 is 10.6 Å². The van der Waals surface area contributed by atoms with Crippen LogP contribution in [0.1, 0.15) is 44.5 Å². The van der Waals surface area contributed by atoms with Crippen molar-refractivity contribution in [3.63, 3.8) is 0 Å². The molecule has 118 valence electrons. The number of aryl methyl sites for hydroxylation is 1. The highest BCUT2D eigenvalue weighted by Gasteiger charge is 2.18. The van der Waals surface area contributed by atoms with E-state index in [0.29, 0.717) is 6.04 Å². The van der Waals surface area contributed by atoms with Crippen LogP contribution in [0.15, 0.2) is 0 Å². The van der Waals surface area contributed by atoms with Gasteiger partial charge in [0.15, 0.2) is 0 Å². The first-order chi connectivity index (χ1) is 10.2. The molecule has 0 radical (unpaired) electrons. The summed E-state index contributed by atoms with van der Waals surface area (Å²) in [7, 11) is 1.92. The zero-order valence-electron chi connectivity index (χ0n) is 13.9. The zero-order chi connectivity index (χ0) is 15.2. The van der Waals surface area contributed by atoms with E-state index in [1.165, 1.54) is 25.9 Å². The second-order valence-electron chi connectivity index (χ2n) is 5.94. The van der Waals surface area contributed by atoms with E-state index in [1.807, 2.05) is 7.05 Å². The number of hydrogen-bond donors (Lipinski definition) is 2. The zero-order valence-corrected chi connectivity index (χ0v) is 13.9. The molecule has 1 aromatic rings. The number of nitrogens with one attached hydrogen (secondary N) is 2. The van der Waals surface area contributed by atoms with Crippen molar-refractivity contribution < 1.29 is 0 Å². The van der Waals surface area contributed by atoms with Gasteiger partial charge in [0, 0.05) is 31.6 Å². The first kappa shape index (κ1) is 16.0. The molecular formula is C16H29N5. The van der Waals surface area contributed by atoms with Crippen molar-refractivity contribution in [2.24, 2.45) is 0 Å². The summed E-state index contributed by atoms with van der Waals surface area (Å²) in [6.45, 7) is 9.92. The Balaban J connectivity index is 2.05. The van der Waals surface area contributed by atoms with Crippen molar-refractivity contribution in [3.05, 3.63) is 11.4 Å². The van der Waals surface area contributed by atoms with Crippen molar-refractivity contribution in [1.29, 1.82) is 0 Å². The number of rotatable bonds is 7. The van der Waals surface area contributed by atoms with Gasteiger partial charge in [-0.2, -0.15) is 0 Å². The molecule has 5 nitrogen and oxygen atoms in total. The van der Waals surface area contributed by atoms with Gasteiger partial charge in [0.05, 0.1) is 0 Å². The first-order valence-electron chi connectivity index (χ1n) is 8.18. The molecule has 21 heavy (non-hydrogen) atoms. The summed E-state index contributed by atoms with van der Waals surface area (Å²) in [6, 6.07) is 0.550. The van der Waals surface area contributed by atoms with Gasteiger partial charge in [-0.05, 0) is 46.2 Å². The summed E-state index contributed by atoms with van der Waals surface area (Å²) in [5, 5.41) is 6.71. The summed E-state index contributed by atoms with van der Waals surface area (Å²) < 4.78 is 0. The topological polar surface area (TPSA) is 53.1 Å². The van der Waals surface area contributed by atoms with E-state index < -0.39 is 0 Å². The molecule has 1 aliphatic rings. The Kier molecular flexibility index (Phi) is 5.79. The Morgan fingerprint density at radius 2 is 1.86 bits per heavy atom. The third-order valence-electron chi connectivity index (χ3n) is 4.23. The van der Waals surface area contributed by atoms with Crippen LogP contribution in [0.2, 0.25) is 0 Å². The molecule has 1 atom stereocenters. The van der Waals surface area contributed by atoms with Gasteiger partial charge in [-0.25, -0.2) is 9.97 Å². The van der Waals surface area contributed by atoms with Gasteiger partial charge in [0.1, 0.15) is 17.5 Å². The predicted molar refractivity (Wildman–Crippen MR) is 89.1 cm³/mol. The standard InChI is InChI=1S/C16H29N5/c1-5-8-14-19-15(17-4)13(3)16(20-14)18-11-12(2)21-9-6-7-10-21/h12H,5-11H2,1-4H3,(H2,17,18,19,20). The van der Waals surface area contributed by atoms with E-state index in [2.05, 4.69) is 46.3 Å². The molecule has 1 saturated heterocycles. The van der Waals surface area contributed by atoms with Crippen molar-refractivity contribution >= 4 is 11.6 Å². The summed E-state index contributed by atoms with van der Waals surface area (Å²) in [5.41, 5.74) is 1.10. The second-order valence-corrected chi connectivity index (χ2v) is 5.94. The Hall–Kier alpha value is -1.36. The fourth-order valence-electron chi connectivity index (χ4n) is 2.87. The molecule has 0 aliphatic carbocycles. The summed E-state index contributed by atoms with van der Waals surface area (Å²) in [4.78, 5) is 11.8. The van der Waals surface area contributed by atoms with E-state index >= 15 is 0 Å². The van der Waals surface area contributed by atoms with E-state index in [9.17, 15) is 0 Å². The molecule has 2 rings (SSSR count). The third-order valence-corrected chi connectivity index (χ3v) is 4.23. The van der Waals surface area contributed by atoms with Crippen LogP contribution in [0.3, 0.4) is 0 Å². The lowest BCUT2D eigenvalue weighted by Crippen LogP contribution is -2.35. The van der Waals surface area contributed by atoms with Crippen LogP contribution in [0.4, 0.5) is 11.6 Å². The van der Waals surface area contributed by atoms with Crippen LogP contribution < -0.4 is 10.6 Å². The van der Waals surface area contributed by atoms with Gasteiger partial charge in [-0.15, -0.1) is 0 Å². The fraction of sp³-hybridized carbons (Fsp3) is 0.750. The van der Waals surface area contributed by atoms with Crippen molar-refractivity contribution in [1.82, 2.24) is 14.9 Å². The number of aromatic nitrogens is 2. The van der Waals surface area contributed by atoms with Crippen LogP contribution in [-0.4, -0.2) is 47.6 Å². The maximum Gasteiger partial charge on any atom is 0.134 e. The Morgan fingerprint density at radius 3 is 2.48 bits per heavy atom. The summed E-state index contributed by atoms with van der Waals surface area (Å²) in [6.07, 6.45) is 4.66. The highest BCUT2D eigenvalue weighted by molar-refractivity contribution is 5.57. The fourth-order valence-corrected chi connectivity index (χ4v) is 2.87. The molecule has 5 heteroatoms.